The van der Waals surface area contributed by atoms with Crippen molar-refractivity contribution >= 4 is 28.4 Å². The molecule has 0 fully saturated rings. The van der Waals surface area contributed by atoms with Gasteiger partial charge in [0, 0.05) is 25.2 Å². The summed E-state index contributed by atoms with van der Waals surface area (Å²) in [4.78, 5) is 30.3. The van der Waals surface area contributed by atoms with Crippen LogP contribution >= 0.6 is 11.3 Å². The van der Waals surface area contributed by atoms with Crippen LogP contribution in [0.4, 0.5) is 14.3 Å². The summed E-state index contributed by atoms with van der Waals surface area (Å²) in [6.45, 7) is 2.25. The number of carbonyl (C=O) groups excluding carboxylic acids is 2. The number of aromatic nitrogens is 3. The van der Waals surface area contributed by atoms with Crippen LogP contribution in [0.15, 0.2) is 41.9 Å². The molecule has 0 aliphatic carbocycles. The Morgan fingerprint density at radius 1 is 1.28 bits per heavy atom. The summed E-state index contributed by atoms with van der Waals surface area (Å²) in [5.74, 6) is -0.615. The number of halogens is 1. The predicted octanol–water partition coefficient (Wildman–Crippen LogP) is 2.97. The van der Waals surface area contributed by atoms with Crippen molar-refractivity contribution in [3.05, 3.63) is 70.2 Å². The van der Waals surface area contributed by atoms with Gasteiger partial charge >= 0.3 is 6.03 Å². The molecule has 2 aromatic heterocycles. The molecule has 3 amide bonds. The lowest BCUT2D eigenvalue weighted by atomic mass is 10.2. The summed E-state index contributed by atoms with van der Waals surface area (Å²) < 4.78 is 13.2. The molecule has 1 aromatic carbocycles. The fraction of sp³-hybridized carbons (Fsp3) is 0.211. The van der Waals surface area contributed by atoms with Crippen molar-refractivity contribution in [3.63, 3.8) is 0 Å². The molecule has 8 nitrogen and oxygen atoms in total. The van der Waals surface area contributed by atoms with E-state index in [0.29, 0.717) is 22.1 Å². The molecule has 3 rings (SSSR count). The maximum absolute atomic E-state index is 13.2. The smallest absolute Gasteiger partial charge is 0.321 e. The highest BCUT2D eigenvalue weighted by Gasteiger charge is 2.17. The molecule has 10 heteroatoms. The highest BCUT2D eigenvalue weighted by molar-refractivity contribution is 7.13. The Labute approximate surface area is 170 Å². The van der Waals surface area contributed by atoms with Crippen molar-refractivity contribution in [2.45, 2.75) is 20.0 Å². The highest BCUT2D eigenvalue weighted by atomic mass is 32.1. The number of anilines is 1. The third kappa shape index (κ3) is 5.55. The second-order valence-corrected chi connectivity index (χ2v) is 7.16. The van der Waals surface area contributed by atoms with E-state index in [2.05, 4.69) is 25.8 Å². The van der Waals surface area contributed by atoms with Crippen LogP contribution in [0, 0.1) is 12.7 Å². The zero-order valence-electron chi connectivity index (χ0n) is 15.8. The predicted molar refractivity (Wildman–Crippen MR) is 107 cm³/mol. The Balaban J connectivity index is 1.53. The molecule has 0 radical (unpaired) electrons. The lowest BCUT2D eigenvalue weighted by Gasteiger charge is -2.15. The fourth-order valence-corrected chi connectivity index (χ4v) is 3.21. The highest BCUT2D eigenvalue weighted by Crippen LogP contribution is 2.17. The monoisotopic (exact) mass is 414 g/mol. The molecule has 0 saturated heterocycles. The summed E-state index contributed by atoms with van der Waals surface area (Å²) >= 11 is 1.25. The number of rotatable bonds is 6. The number of amides is 3. The normalized spacial score (nSPS) is 10.4. The molecule has 3 aromatic rings. The van der Waals surface area contributed by atoms with Crippen molar-refractivity contribution in [2.75, 3.05) is 12.4 Å². The molecular formula is C19H19FN6O2S. The SMILES string of the molecule is Cc1ccnnc1C(=O)N(C)Cc1csc(NC(=O)NCc2cccc(F)c2)n1. The van der Waals surface area contributed by atoms with Gasteiger partial charge in [0.2, 0.25) is 0 Å². The summed E-state index contributed by atoms with van der Waals surface area (Å²) in [6, 6.07) is 7.27. The van der Waals surface area contributed by atoms with Gasteiger partial charge in [-0.25, -0.2) is 14.2 Å². The van der Waals surface area contributed by atoms with Gasteiger partial charge in [0.25, 0.3) is 5.91 Å². The standard InChI is InChI=1S/C19H19FN6O2S/c1-12-6-7-22-25-16(12)17(27)26(2)10-15-11-29-19(23-15)24-18(28)21-9-13-4-3-5-14(20)8-13/h3-8,11H,9-10H2,1-2H3,(H2,21,23,24,28). The van der Waals surface area contributed by atoms with Gasteiger partial charge in [-0.3, -0.25) is 10.1 Å². The maximum Gasteiger partial charge on any atom is 0.321 e. The van der Waals surface area contributed by atoms with E-state index in [1.165, 1.54) is 34.6 Å². The van der Waals surface area contributed by atoms with Crippen LogP contribution < -0.4 is 10.6 Å². The minimum absolute atomic E-state index is 0.191. The van der Waals surface area contributed by atoms with Crippen molar-refractivity contribution < 1.29 is 14.0 Å². The van der Waals surface area contributed by atoms with Crippen LogP contribution in [0.25, 0.3) is 0 Å². The van der Waals surface area contributed by atoms with Crippen molar-refractivity contribution in [2.24, 2.45) is 0 Å². The first-order valence-electron chi connectivity index (χ1n) is 8.70. The molecule has 29 heavy (non-hydrogen) atoms. The first kappa shape index (κ1) is 20.3. The van der Waals surface area contributed by atoms with Crippen LogP contribution in [-0.4, -0.2) is 39.1 Å². The molecular weight excluding hydrogens is 395 g/mol. The lowest BCUT2D eigenvalue weighted by Crippen LogP contribution is -2.29. The average Bonchev–Trinajstić information content (AvgIpc) is 3.13. The topological polar surface area (TPSA) is 100 Å². The van der Waals surface area contributed by atoms with E-state index in [-0.39, 0.29) is 24.8 Å². The second-order valence-electron chi connectivity index (χ2n) is 6.31. The van der Waals surface area contributed by atoms with E-state index in [1.54, 1.807) is 37.6 Å². The van der Waals surface area contributed by atoms with E-state index >= 15 is 0 Å². The summed E-state index contributed by atoms with van der Waals surface area (Å²) in [7, 11) is 1.65. The van der Waals surface area contributed by atoms with Gasteiger partial charge in [0.15, 0.2) is 10.8 Å². The Morgan fingerprint density at radius 3 is 2.86 bits per heavy atom. The number of nitrogens with one attached hydrogen (secondary N) is 2. The number of thiazole rings is 1. The lowest BCUT2D eigenvalue weighted by molar-refractivity contribution is 0.0775. The Kier molecular flexibility index (Phi) is 6.45. The number of benzene rings is 1. The Bertz CT molecular complexity index is 1030. The zero-order valence-corrected chi connectivity index (χ0v) is 16.7. The number of aryl methyl sites for hydroxylation is 1. The van der Waals surface area contributed by atoms with Gasteiger partial charge in [-0.05, 0) is 36.2 Å². The van der Waals surface area contributed by atoms with E-state index in [1.807, 2.05) is 0 Å². The number of hydrogen-bond donors (Lipinski definition) is 2. The number of urea groups is 1. The molecule has 2 heterocycles. The van der Waals surface area contributed by atoms with Crippen molar-refractivity contribution in [1.29, 1.82) is 0 Å². The maximum atomic E-state index is 13.2. The second kappa shape index (κ2) is 9.20. The quantitative estimate of drug-likeness (QED) is 0.646. The third-order valence-corrected chi connectivity index (χ3v) is 4.79. The summed E-state index contributed by atoms with van der Waals surface area (Å²) in [5, 5.41) is 15.1. The molecule has 2 N–H and O–H groups in total. The molecule has 0 atom stereocenters. The van der Waals surface area contributed by atoms with Crippen LogP contribution in [0.2, 0.25) is 0 Å². The van der Waals surface area contributed by atoms with Crippen molar-refractivity contribution in [3.8, 4) is 0 Å². The molecule has 0 unspecified atom stereocenters. The molecule has 150 valence electrons. The number of nitrogens with zero attached hydrogens (tertiary/aromatic N) is 4. The van der Waals surface area contributed by atoms with E-state index < -0.39 is 6.03 Å². The summed E-state index contributed by atoms with van der Waals surface area (Å²) in [6.07, 6.45) is 1.53. The van der Waals surface area contributed by atoms with Gasteiger partial charge < -0.3 is 10.2 Å². The van der Waals surface area contributed by atoms with Crippen LogP contribution in [0.5, 0.6) is 0 Å². The number of hydrogen-bond acceptors (Lipinski definition) is 6. The zero-order chi connectivity index (χ0) is 20.8. The van der Waals surface area contributed by atoms with Crippen molar-refractivity contribution in [1.82, 2.24) is 25.4 Å². The van der Waals surface area contributed by atoms with Crippen LogP contribution in [0.1, 0.15) is 27.3 Å². The van der Waals surface area contributed by atoms with Gasteiger partial charge in [-0.2, -0.15) is 5.10 Å². The van der Waals surface area contributed by atoms with E-state index in [0.717, 1.165) is 5.56 Å². The minimum Gasteiger partial charge on any atom is -0.334 e. The van der Waals surface area contributed by atoms with Gasteiger partial charge in [-0.15, -0.1) is 16.4 Å². The minimum atomic E-state index is -0.449. The van der Waals surface area contributed by atoms with E-state index in [4.69, 9.17) is 0 Å². The molecule has 0 spiro atoms. The first-order valence-corrected chi connectivity index (χ1v) is 9.58. The van der Waals surface area contributed by atoms with E-state index in [9.17, 15) is 14.0 Å². The Hall–Kier alpha value is -3.40. The molecule has 0 bridgehead atoms. The average molecular weight is 414 g/mol. The van der Waals surface area contributed by atoms with Crippen LogP contribution in [-0.2, 0) is 13.1 Å². The molecule has 0 saturated carbocycles. The molecule has 0 aliphatic rings. The van der Waals surface area contributed by atoms with Gasteiger partial charge in [-0.1, -0.05) is 12.1 Å². The van der Waals surface area contributed by atoms with Gasteiger partial charge in [0.1, 0.15) is 5.82 Å². The Morgan fingerprint density at radius 2 is 2.10 bits per heavy atom. The first-order chi connectivity index (χ1) is 13.9. The largest absolute Gasteiger partial charge is 0.334 e. The number of carbonyl (C=O) groups is 2. The van der Waals surface area contributed by atoms with Gasteiger partial charge in [0.05, 0.1) is 12.2 Å². The molecule has 0 aliphatic heterocycles. The summed E-state index contributed by atoms with van der Waals surface area (Å²) in [5.41, 5.74) is 2.32. The third-order valence-electron chi connectivity index (χ3n) is 3.99. The van der Waals surface area contributed by atoms with Crippen LogP contribution in [0.3, 0.4) is 0 Å². The fourth-order valence-electron chi connectivity index (χ4n) is 2.51.